The first-order chi connectivity index (χ1) is 17.9. The predicted molar refractivity (Wildman–Crippen MR) is 133 cm³/mol. The number of nitrogens with one attached hydrogen (secondary N) is 1. The van der Waals surface area contributed by atoms with Crippen LogP contribution in [0.1, 0.15) is 11.1 Å². The summed E-state index contributed by atoms with van der Waals surface area (Å²) in [6.45, 7) is -0.0190. The van der Waals surface area contributed by atoms with Crippen molar-refractivity contribution >= 4 is 45.5 Å². The number of barbiturate groups is 1. The summed E-state index contributed by atoms with van der Waals surface area (Å²) in [6.07, 6.45) is 1.33. The minimum absolute atomic E-state index is 0.0271. The van der Waals surface area contributed by atoms with Crippen LogP contribution in [-0.2, 0) is 16.2 Å². The van der Waals surface area contributed by atoms with Crippen LogP contribution in [0.2, 0.25) is 0 Å². The molecule has 4 amide bonds. The number of fused-ring (bicyclic) bond motifs is 1. The lowest BCUT2D eigenvalue weighted by atomic mass is 10.1. The summed E-state index contributed by atoms with van der Waals surface area (Å²) in [7, 11) is 1.42. The maximum atomic E-state index is 14.0. The third-order valence-electron chi connectivity index (χ3n) is 5.61. The van der Waals surface area contributed by atoms with E-state index in [1.54, 1.807) is 36.4 Å². The molecule has 37 heavy (non-hydrogen) atoms. The van der Waals surface area contributed by atoms with Crippen LogP contribution in [0.4, 0.5) is 14.9 Å². The Labute approximate surface area is 218 Å². The van der Waals surface area contributed by atoms with E-state index in [1.807, 2.05) is 0 Å². The van der Waals surface area contributed by atoms with E-state index in [2.05, 4.69) is 21.2 Å². The van der Waals surface area contributed by atoms with Gasteiger partial charge in [0.05, 0.1) is 17.3 Å². The van der Waals surface area contributed by atoms with Gasteiger partial charge in [0.25, 0.3) is 11.8 Å². The molecule has 0 aliphatic carbocycles. The first-order valence-corrected chi connectivity index (χ1v) is 11.7. The van der Waals surface area contributed by atoms with Gasteiger partial charge in [-0.25, -0.2) is 14.1 Å². The van der Waals surface area contributed by atoms with Crippen molar-refractivity contribution in [1.29, 1.82) is 0 Å². The largest absolute Gasteiger partial charge is 0.493 e. The second-order valence-electron chi connectivity index (χ2n) is 7.91. The van der Waals surface area contributed by atoms with Crippen molar-refractivity contribution < 1.29 is 37.7 Å². The predicted octanol–water partition coefficient (Wildman–Crippen LogP) is 4.57. The number of methoxy groups -OCH3 is 1. The Hall–Kier alpha value is -4.38. The number of halogens is 2. The van der Waals surface area contributed by atoms with E-state index in [0.29, 0.717) is 32.8 Å². The van der Waals surface area contributed by atoms with Gasteiger partial charge in [0.15, 0.2) is 23.0 Å². The number of hydrogen-bond donors (Lipinski definition) is 1. The number of nitrogens with zero attached hydrogens (tertiary/aromatic N) is 1. The highest BCUT2D eigenvalue weighted by molar-refractivity contribution is 9.10. The molecule has 3 aromatic carbocycles. The number of benzene rings is 3. The van der Waals surface area contributed by atoms with Gasteiger partial charge in [-0.05, 0) is 57.9 Å². The van der Waals surface area contributed by atoms with Gasteiger partial charge in [-0.3, -0.25) is 14.9 Å². The van der Waals surface area contributed by atoms with Gasteiger partial charge in [-0.2, -0.15) is 0 Å². The lowest BCUT2D eigenvalue weighted by molar-refractivity contribution is -0.122. The maximum Gasteiger partial charge on any atom is 0.335 e. The summed E-state index contributed by atoms with van der Waals surface area (Å²) in [5, 5.41) is 2.18. The van der Waals surface area contributed by atoms with Crippen LogP contribution in [0.5, 0.6) is 23.0 Å². The number of hydrogen-bond acceptors (Lipinski definition) is 7. The average molecular weight is 569 g/mol. The van der Waals surface area contributed by atoms with Crippen LogP contribution in [0.25, 0.3) is 6.08 Å². The Balaban J connectivity index is 1.44. The zero-order valence-electron chi connectivity index (χ0n) is 19.2. The van der Waals surface area contributed by atoms with Gasteiger partial charge in [0, 0.05) is 11.6 Å². The van der Waals surface area contributed by atoms with Crippen molar-refractivity contribution in [3.05, 3.63) is 81.6 Å². The van der Waals surface area contributed by atoms with E-state index in [4.69, 9.17) is 18.9 Å². The highest BCUT2D eigenvalue weighted by Gasteiger charge is 2.37. The summed E-state index contributed by atoms with van der Waals surface area (Å²) in [4.78, 5) is 39.2. The Morgan fingerprint density at radius 1 is 1.08 bits per heavy atom. The molecule has 0 unspecified atom stereocenters. The summed E-state index contributed by atoms with van der Waals surface area (Å²) >= 11 is 3.41. The minimum atomic E-state index is -0.887. The van der Waals surface area contributed by atoms with Crippen molar-refractivity contribution in [3.8, 4) is 23.0 Å². The highest BCUT2D eigenvalue weighted by atomic mass is 79.9. The highest BCUT2D eigenvalue weighted by Crippen LogP contribution is 2.39. The van der Waals surface area contributed by atoms with Gasteiger partial charge in [0.1, 0.15) is 18.0 Å². The van der Waals surface area contributed by atoms with E-state index in [1.165, 1.54) is 31.4 Å². The molecule has 1 fully saturated rings. The monoisotopic (exact) mass is 568 g/mol. The first kappa shape index (κ1) is 24.3. The Morgan fingerprint density at radius 3 is 2.65 bits per heavy atom. The number of ether oxygens (including phenoxy) is 4. The Bertz CT molecular complexity index is 1470. The molecule has 1 N–H and O–H groups in total. The van der Waals surface area contributed by atoms with Crippen molar-refractivity contribution in [2.75, 3.05) is 18.8 Å². The number of urea groups is 1. The lowest BCUT2D eigenvalue weighted by Crippen LogP contribution is -2.54. The fourth-order valence-corrected chi connectivity index (χ4v) is 4.39. The number of anilines is 1. The normalized spacial score (nSPS) is 15.7. The second-order valence-corrected chi connectivity index (χ2v) is 8.76. The number of imide groups is 2. The van der Waals surface area contributed by atoms with Crippen LogP contribution >= 0.6 is 15.9 Å². The molecule has 9 nitrogen and oxygen atoms in total. The van der Waals surface area contributed by atoms with E-state index in [0.717, 1.165) is 4.90 Å². The van der Waals surface area contributed by atoms with Gasteiger partial charge in [0.2, 0.25) is 6.79 Å². The fraction of sp³-hybridized carbons (Fsp3) is 0.115. The van der Waals surface area contributed by atoms with Gasteiger partial charge >= 0.3 is 6.03 Å². The van der Waals surface area contributed by atoms with E-state index in [9.17, 15) is 18.8 Å². The van der Waals surface area contributed by atoms with Gasteiger partial charge < -0.3 is 18.9 Å². The molecule has 0 atom stereocenters. The zero-order valence-corrected chi connectivity index (χ0v) is 20.8. The number of carbonyl (C=O) groups excluding carboxylic acids is 3. The van der Waals surface area contributed by atoms with Crippen LogP contribution in [0.3, 0.4) is 0 Å². The summed E-state index contributed by atoms with van der Waals surface area (Å²) in [5.74, 6) is -0.615. The molecular formula is C26H18BrFN2O7. The third kappa shape index (κ3) is 4.73. The van der Waals surface area contributed by atoms with Crippen molar-refractivity contribution in [2.24, 2.45) is 0 Å². The lowest BCUT2D eigenvalue weighted by Gasteiger charge is -2.26. The zero-order chi connectivity index (χ0) is 26.1. The standard InChI is InChI=1S/C26H18BrFN2O7/c1-34-22-10-14(9-18(27)23(22)35-12-15-4-2-3-5-19(15)28)8-17-24(31)29-26(33)30(25(17)32)16-6-7-20-21(11-16)37-13-36-20/h2-11H,12-13H2,1H3,(H,29,31,33)/b17-8+. The van der Waals surface area contributed by atoms with Crippen LogP contribution in [-0.4, -0.2) is 31.7 Å². The summed E-state index contributed by atoms with van der Waals surface area (Å²) in [5.41, 5.74) is 0.716. The van der Waals surface area contributed by atoms with Gasteiger partial charge in [-0.1, -0.05) is 18.2 Å². The molecule has 0 saturated carbocycles. The minimum Gasteiger partial charge on any atom is -0.493 e. The third-order valence-corrected chi connectivity index (χ3v) is 6.20. The van der Waals surface area contributed by atoms with E-state index in [-0.39, 0.29) is 30.4 Å². The molecule has 0 bridgehead atoms. The van der Waals surface area contributed by atoms with Crippen molar-refractivity contribution in [3.63, 3.8) is 0 Å². The molecule has 188 valence electrons. The molecule has 5 rings (SSSR count). The summed E-state index contributed by atoms with van der Waals surface area (Å²) < 4.78 is 36.2. The quantitative estimate of drug-likeness (QED) is 0.343. The van der Waals surface area contributed by atoms with E-state index >= 15 is 0 Å². The Kier molecular flexibility index (Phi) is 6.53. The molecule has 2 aliphatic heterocycles. The summed E-state index contributed by atoms with van der Waals surface area (Å²) in [6, 6.07) is 13.1. The molecule has 0 radical (unpaired) electrons. The SMILES string of the molecule is COc1cc(/C=C2\C(=O)NC(=O)N(c3ccc4c(c3)OCO4)C2=O)cc(Br)c1OCc1ccccc1F. The number of rotatable bonds is 6. The Morgan fingerprint density at radius 2 is 1.86 bits per heavy atom. The topological polar surface area (TPSA) is 103 Å². The van der Waals surface area contributed by atoms with E-state index < -0.39 is 23.7 Å². The van der Waals surface area contributed by atoms with Crippen LogP contribution in [0.15, 0.2) is 64.6 Å². The molecular weight excluding hydrogens is 551 g/mol. The van der Waals surface area contributed by atoms with Gasteiger partial charge in [-0.15, -0.1) is 0 Å². The molecule has 2 aliphatic rings. The molecule has 3 aromatic rings. The van der Waals surface area contributed by atoms with Crippen LogP contribution in [0, 0.1) is 5.82 Å². The smallest absolute Gasteiger partial charge is 0.335 e. The molecule has 1 saturated heterocycles. The molecule has 2 heterocycles. The first-order valence-electron chi connectivity index (χ1n) is 10.9. The second kappa shape index (κ2) is 9.94. The molecule has 11 heteroatoms. The fourth-order valence-electron chi connectivity index (χ4n) is 3.81. The number of carbonyl (C=O) groups is 3. The van der Waals surface area contributed by atoms with Crippen molar-refractivity contribution in [1.82, 2.24) is 5.32 Å². The molecule has 0 spiro atoms. The molecule has 0 aromatic heterocycles. The van der Waals surface area contributed by atoms with Crippen molar-refractivity contribution in [2.45, 2.75) is 6.61 Å². The number of amides is 4. The van der Waals surface area contributed by atoms with Crippen LogP contribution < -0.4 is 29.2 Å². The average Bonchev–Trinajstić information content (AvgIpc) is 3.34. The maximum absolute atomic E-state index is 14.0.